The van der Waals surface area contributed by atoms with Crippen LogP contribution in [0.15, 0.2) is 65.1 Å². The van der Waals surface area contributed by atoms with Gasteiger partial charge in [0.2, 0.25) is 0 Å². The van der Waals surface area contributed by atoms with Crippen LogP contribution in [0, 0.1) is 6.92 Å². The fraction of sp³-hybridized carbons (Fsp3) is 0.0526. The largest absolute Gasteiger partial charge is 0.452 e. The van der Waals surface area contributed by atoms with Crippen molar-refractivity contribution < 1.29 is 14.0 Å². The molecule has 0 aliphatic carbocycles. The Kier molecular flexibility index (Phi) is 3.71. The molecule has 22 heavy (non-hydrogen) atoms. The Bertz CT molecular complexity index is 812. The van der Waals surface area contributed by atoms with Gasteiger partial charge in [0.25, 0.3) is 0 Å². The fourth-order valence-corrected chi connectivity index (χ4v) is 2.30. The molecule has 1 aromatic heterocycles. The van der Waals surface area contributed by atoms with Crippen molar-refractivity contribution in [1.29, 1.82) is 0 Å². The van der Waals surface area contributed by atoms with Crippen molar-refractivity contribution in [3.8, 4) is 11.3 Å². The molecule has 0 amide bonds. The van der Waals surface area contributed by atoms with Gasteiger partial charge in [-0.3, -0.25) is 9.59 Å². The van der Waals surface area contributed by atoms with Crippen LogP contribution >= 0.6 is 0 Å². The lowest BCUT2D eigenvalue weighted by Crippen LogP contribution is -2.01. The Morgan fingerprint density at radius 2 is 1.68 bits per heavy atom. The minimum atomic E-state index is -0.157. The zero-order chi connectivity index (χ0) is 15.5. The second-order valence-corrected chi connectivity index (χ2v) is 5.07. The number of rotatable bonds is 4. The summed E-state index contributed by atoms with van der Waals surface area (Å²) in [5.74, 6) is 0.415. The van der Waals surface area contributed by atoms with E-state index in [-0.39, 0.29) is 11.5 Å². The molecule has 0 aliphatic heterocycles. The molecule has 1 heterocycles. The lowest BCUT2D eigenvalue weighted by Gasteiger charge is -2.03. The van der Waals surface area contributed by atoms with E-state index in [9.17, 15) is 9.59 Å². The number of benzene rings is 2. The van der Waals surface area contributed by atoms with Crippen molar-refractivity contribution in [2.75, 3.05) is 0 Å². The van der Waals surface area contributed by atoms with Crippen molar-refractivity contribution in [3.63, 3.8) is 0 Å². The summed E-state index contributed by atoms with van der Waals surface area (Å²) in [6, 6.07) is 18.1. The van der Waals surface area contributed by atoms with E-state index in [1.54, 1.807) is 12.1 Å². The van der Waals surface area contributed by atoms with Gasteiger partial charge in [-0.2, -0.15) is 0 Å². The van der Waals surface area contributed by atoms with E-state index < -0.39 is 0 Å². The number of furan rings is 1. The number of ketones is 1. The third kappa shape index (κ3) is 2.61. The molecule has 108 valence electrons. The maximum absolute atomic E-state index is 12.7. The summed E-state index contributed by atoms with van der Waals surface area (Å²) in [5.41, 5.74) is 2.82. The van der Waals surface area contributed by atoms with Gasteiger partial charge in [-0.15, -0.1) is 0 Å². The molecule has 0 unspecified atom stereocenters. The van der Waals surface area contributed by atoms with Crippen LogP contribution in [-0.4, -0.2) is 12.1 Å². The van der Waals surface area contributed by atoms with E-state index in [0.29, 0.717) is 23.2 Å². The van der Waals surface area contributed by atoms with Gasteiger partial charge in [-0.25, -0.2) is 0 Å². The van der Waals surface area contributed by atoms with Gasteiger partial charge < -0.3 is 4.42 Å². The lowest BCUT2D eigenvalue weighted by atomic mass is 9.99. The zero-order valence-corrected chi connectivity index (χ0v) is 12.1. The van der Waals surface area contributed by atoms with Gasteiger partial charge >= 0.3 is 0 Å². The third-order valence-corrected chi connectivity index (χ3v) is 3.46. The van der Waals surface area contributed by atoms with E-state index in [0.717, 1.165) is 11.1 Å². The highest BCUT2D eigenvalue weighted by molar-refractivity contribution is 6.12. The Morgan fingerprint density at radius 3 is 2.32 bits per heavy atom. The normalized spacial score (nSPS) is 10.4. The second-order valence-electron chi connectivity index (χ2n) is 5.07. The first kappa shape index (κ1) is 14.0. The quantitative estimate of drug-likeness (QED) is 0.531. The fourth-order valence-electron chi connectivity index (χ4n) is 2.30. The standard InChI is InChI=1S/C19H14O3/c1-13-7-9-14(10-8-13)18(21)17-11-16(12-20)22-19(17)15-5-3-2-4-6-15/h2-12H,1H3. The van der Waals surface area contributed by atoms with E-state index in [1.165, 1.54) is 6.07 Å². The molecule has 0 fully saturated rings. The average Bonchev–Trinajstić information content (AvgIpc) is 3.00. The molecule has 0 atom stereocenters. The van der Waals surface area contributed by atoms with Crippen molar-refractivity contribution >= 4 is 12.1 Å². The summed E-state index contributed by atoms with van der Waals surface area (Å²) in [6.07, 6.45) is 0.609. The van der Waals surface area contributed by atoms with E-state index in [1.807, 2.05) is 49.4 Å². The summed E-state index contributed by atoms with van der Waals surface area (Å²) in [6.45, 7) is 1.96. The van der Waals surface area contributed by atoms with E-state index in [4.69, 9.17) is 4.42 Å². The minimum Gasteiger partial charge on any atom is -0.452 e. The van der Waals surface area contributed by atoms with Gasteiger partial charge in [0.1, 0.15) is 5.76 Å². The smallest absolute Gasteiger partial charge is 0.196 e. The molecule has 0 saturated carbocycles. The molecular formula is C19H14O3. The predicted molar refractivity (Wildman–Crippen MR) is 84.1 cm³/mol. The molecule has 3 heteroatoms. The van der Waals surface area contributed by atoms with Crippen LogP contribution in [0.5, 0.6) is 0 Å². The van der Waals surface area contributed by atoms with E-state index >= 15 is 0 Å². The first-order valence-corrected chi connectivity index (χ1v) is 6.95. The van der Waals surface area contributed by atoms with Gasteiger partial charge in [0, 0.05) is 11.1 Å². The molecule has 0 bridgehead atoms. The SMILES string of the molecule is Cc1ccc(C(=O)c2cc(C=O)oc2-c2ccccc2)cc1. The first-order valence-electron chi connectivity index (χ1n) is 6.95. The lowest BCUT2D eigenvalue weighted by molar-refractivity contribution is 0.103. The number of aryl methyl sites for hydroxylation is 1. The molecule has 3 rings (SSSR count). The van der Waals surface area contributed by atoms with Gasteiger partial charge in [0.05, 0.1) is 5.56 Å². The highest BCUT2D eigenvalue weighted by Crippen LogP contribution is 2.28. The van der Waals surface area contributed by atoms with Crippen LogP contribution in [-0.2, 0) is 0 Å². The first-order chi connectivity index (χ1) is 10.7. The van der Waals surface area contributed by atoms with Crippen LogP contribution in [0.4, 0.5) is 0 Å². The Labute approximate surface area is 128 Å². The number of aldehydes is 1. The Balaban J connectivity index is 2.10. The topological polar surface area (TPSA) is 47.3 Å². The highest BCUT2D eigenvalue weighted by atomic mass is 16.3. The minimum absolute atomic E-state index is 0.148. The van der Waals surface area contributed by atoms with Gasteiger partial charge in [-0.05, 0) is 13.0 Å². The van der Waals surface area contributed by atoms with Crippen LogP contribution in [0.2, 0.25) is 0 Å². The maximum atomic E-state index is 12.7. The van der Waals surface area contributed by atoms with Crippen LogP contribution in [0.1, 0.15) is 32.0 Å². The summed E-state index contributed by atoms with van der Waals surface area (Å²) in [5, 5.41) is 0. The van der Waals surface area contributed by atoms with Crippen molar-refractivity contribution in [2.24, 2.45) is 0 Å². The molecular weight excluding hydrogens is 276 g/mol. The summed E-state index contributed by atoms with van der Waals surface area (Å²) >= 11 is 0. The molecule has 2 aromatic carbocycles. The summed E-state index contributed by atoms with van der Waals surface area (Å²) < 4.78 is 5.53. The number of hydrogen-bond donors (Lipinski definition) is 0. The number of carbonyl (C=O) groups is 2. The predicted octanol–water partition coefficient (Wildman–Crippen LogP) is 4.30. The molecule has 0 radical (unpaired) electrons. The summed E-state index contributed by atoms with van der Waals surface area (Å²) in [7, 11) is 0. The molecule has 0 aliphatic rings. The Hall–Kier alpha value is -2.94. The molecule has 0 N–H and O–H groups in total. The second kappa shape index (κ2) is 5.82. The van der Waals surface area contributed by atoms with Crippen molar-refractivity contribution in [3.05, 3.63) is 83.1 Å². The van der Waals surface area contributed by atoms with Gasteiger partial charge in [-0.1, -0.05) is 60.2 Å². The van der Waals surface area contributed by atoms with Crippen LogP contribution in [0.3, 0.4) is 0 Å². The Morgan fingerprint density at radius 1 is 1.00 bits per heavy atom. The highest BCUT2D eigenvalue weighted by Gasteiger charge is 2.20. The average molecular weight is 290 g/mol. The third-order valence-electron chi connectivity index (χ3n) is 3.46. The molecule has 0 spiro atoms. The van der Waals surface area contributed by atoms with Crippen LogP contribution < -0.4 is 0 Å². The van der Waals surface area contributed by atoms with Crippen molar-refractivity contribution in [1.82, 2.24) is 0 Å². The van der Waals surface area contributed by atoms with Crippen LogP contribution in [0.25, 0.3) is 11.3 Å². The number of carbonyl (C=O) groups excluding carboxylic acids is 2. The van der Waals surface area contributed by atoms with Gasteiger partial charge in [0.15, 0.2) is 17.8 Å². The van der Waals surface area contributed by atoms with E-state index in [2.05, 4.69) is 0 Å². The molecule has 3 aromatic rings. The molecule has 0 saturated heterocycles. The zero-order valence-electron chi connectivity index (χ0n) is 12.1. The maximum Gasteiger partial charge on any atom is 0.196 e. The van der Waals surface area contributed by atoms with Crippen molar-refractivity contribution in [2.45, 2.75) is 6.92 Å². The number of hydrogen-bond acceptors (Lipinski definition) is 3. The monoisotopic (exact) mass is 290 g/mol. The summed E-state index contributed by atoms with van der Waals surface area (Å²) in [4.78, 5) is 23.7. The molecule has 3 nitrogen and oxygen atoms in total.